The second-order valence-corrected chi connectivity index (χ2v) is 6.26. The molecule has 0 N–H and O–H groups in total. The number of hydrogen-bond acceptors (Lipinski definition) is 1. The third-order valence-corrected chi connectivity index (χ3v) is 3.95. The zero-order valence-corrected chi connectivity index (χ0v) is 13.2. The van der Waals surface area contributed by atoms with E-state index in [1.165, 1.54) is 5.39 Å². The van der Waals surface area contributed by atoms with Crippen LogP contribution in [0.5, 0.6) is 5.75 Å². The molecule has 0 atom stereocenters. The topological polar surface area (TPSA) is 9.23 Å². The van der Waals surface area contributed by atoms with Gasteiger partial charge in [-0.05, 0) is 41.3 Å². The summed E-state index contributed by atoms with van der Waals surface area (Å²) >= 11 is 6.17. The summed E-state index contributed by atoms with van der Waals surface area (Å²) in [7, 11) is 0. The van der Waals surface area contributed by atoms with E-state index in [9.17, 15) is 0 Å². The summed E-state index contributed by atoms with van der Waals surface area (Å²) in [5.74, 6) is 1.58. The maximum atomic E-state index is 6.17. The molecule has 0 aliphatic rings. The monoisotopic (exact) mass is 298 g/mol. The predicted molar refractivity (Wildman–Crippen MR) is 91.4 cm³/mol. The van der Waals surface area contributed by atoms with Crippen LogP contribution < -0.4 is 4.74 Å². The minimum absolute atomic E-state index is 0.634. The van der Waals surface area contributed by atoms with Gasteiger partial charge in [0.1, 0.15) is 5.75 Å². The van der Waals surface area contributed by atoms with Gasteiger partial charge in [-0.15, -0.1) is 0 Å². The molecule has 21 heavy (non-hydrogen) atoms. The molecule has 0 saturated carbocycles. The summed E-state index contributed by atoms with van der Waals surface area (Å²) in [6, 6.07) is 16.5. The van der Waals surface area contributed by atoms with Gasteiger partial charge in [0.25, 0.3) is 0 Å². The largest absolute Gasteiger partial charge is 0.492 e. The molecule has 0 saturated heterocycles. The lowest BCUT2D eigenvalue weighted by atomic mass is 10.0. The van der Waals surface area contributed by atoms with Gasteiger partial charge in [-0.25, -0.2) is 0 Å². The van der Waals surface area contributed by atoms with Gasteiger partial charge in [-0.1, -0.05) is 55.8 Å². The van der Waals surface area contributed by atoms with E-state index in [1.807, 2.05) is 18.2 Å². The van der Waals surface area contributed by atoms with Crippen LogP contribution in [0.25, 0.3) is 21.5 Å². The third-order valence-electron chi connectivity index (χ3n) is 3.72. The molecule has 3 aromatic carbocycles. The quantitative estimate of drug-likeness (QED) is 0.531. The van der Waals surface area contributed by atoms with E-state index in [0.29, 0.717) is 5.92 Å². The van der Waals surface area contributed by atoms with E-state index in [4.69, 9.17) is 16.3 Å². The van der Waals surface area contributed by atoms with Gasteiger partial charge in [0.15, 0.2) is 0 Å². The lowest BCUT2D eigenvalue weighted by Gasteiger charge is -2.14. The summed E-state index contributed by atoms with van der Waals surface area (Å²) in [6.07, 6.45) is 1.05. The SMILES string of the molecule is CC(C)CCOc1c2ccccc2cc2ccc(Cl)cc12. The Balaban J connectivity index is 2.16. The first kappa shape index (κ1) is 14.2. The zero-order valence-electron chi connectivity index (χ0n) is 12.4. The molecule has 0 unspecified atom stereocenters. The maximum absolute atomic E-state index is 6.17. The average Bonchev–Trinajstić information content (AvgIpc) is 2.46. The average molecular weight is 299 g/mol. The molecule has 3 aromatic rings. The van der Waals surface area contributed by atoms with Crippen LogP contribution in [0.4, 0.5) is 0 Å². The summed E-state index contributed by atoms with van der Waals surface area (Å²) in [5.41, 5.74) is 0. The fraction of sp³-hybridized carbons (Fsp3) is 0.263. The van der Waals surface area contributed by atoms with Crippen molar-refractivity contribution in [2.45, 2.75) is 20.3 Å². The minimum Gasteiger partial charge on any atom is -0.492 e. The first-order chi connectivity index (χ1) is 10.1. The van der Waals surface area contributed by atoms with Crippen LogP contribution in [0, 0.1) is 5.92 Å². The van der Waals surface area contributed by atoms with Crippen molar-refractivity contribution in [1.29, 1.82) is 0 Å². The normalized spacial score (nSPS) is 11.4. The van der Waals surface area contributed by atoms with Crippen molar-refractivity contribution >= 4 is 33.1 Å². The van der Waals surface area contributed by atoms with Gasteiger partial charge in [0, 0.05) is 15.8 Å². The van der Waals surface area contributed by atoms with Crippen LogP contribution in [0.3, 0.4) is 0 Å². The molecule has 0 spiro atoms. The Hall–Kier alpha value is -1.73. The van der Waals surface area contributed by atoms with Gasteiger partial charge in [-0.2, -0.15) is 0 Å². The van der Waals surface area contributed by atoms with Crippen molar-refractivity contribution in [3.63, 3.8) is 0 Å². The van der Waals surface area contributed by atoms with Crippen LogP contribution in [0.1, 0.15) is 20.3 Å². The van der Waals surface area contributed by atoms with Crippen molar-refractivity contribution in [3.8, 4) is 5.75 Å². The highest BCUT2D eigenvalue weighted by atomic mass is 35.5. The summed E-state index contributed by atoms with van der Waals surface area (Å²) in [4.78, 5) is 0. The van der Waals surface area contributed by atoms with Crippen LogP contribution in [-0.2, 0) is 0 Å². The summed E-state index contributed by atoms with van der Waals surface area (Å²) in [5, 5.41) is 5.34. The molecule has 0 radical (unpaired) electrons. The fourth-order valence-corrected chi connectivity index (χ4v) is 2.72. The number of fused-ring (bicyclic) bond motifs is 2. The van der Waals surface area contributed by atoms with Crippen molar-refractivity contribution in [2.24, 2.45) is 5.92 Å². The number of rotatable bonds is 4. The van der Waals surface area contributed by atoms with Crippen molar-refractivity contribution < 1.29 is 4.74 Å². The molecular formula is C19H19ClO. The standard InChI is InChI=1S/C19H19ClO/c1-13(2)9-10-21-19-17-6-4-3-5-14(17)11-15-7-8-16(20)12-18(15)19/h3-8,11-13H,9-10H2,1-2H3. The lowest BCUT2D eigenvalue weighted by Crippen LogP contribution is -2.02. The van der Waals surface area contributed by atoms with Crippen LogP contribution >= 0.6 is 11.6 Å². The third kappa shape index (κ3) is 2.98. The maximum Gasteiger partial charge on any atom is 0.134 e. The Bertz CT molecular complexity index is 777. The molecule has 0 fully saturated rings. The Labute approximate surface area is 130 Å². The number of benzene rings is 3. The van der Waals surface area contributed by atoms with E-state index in [-0.39, 0.29) is 0 Å². The van der Waals surface area contributed by atoms with Gasteiger partial charge in [0.05, 0.1) is 6.61 Å². The molecular weight excluding hydrogens is 280 g/mol. The smallest absolute Gasteiger partial charge is 0.134 e. The lowest BCUT2D eigenvalue weighted by molar-refractivity contribution is 0.295. The van der Waals surface area contributed by atoms with E-state index in [1.54, 1.807) is 0 Å². The molecule has 1 nitrogen and oxygen atoms in total. The summed E-state index contributed by atoms with van der Waals surface area (Å²) in [6.45, 7) is 5.15. The van der Waals surface area contributed by atoms with Crippen molar-refractivity contribution in [1.82, 2.24) is 0 Å². The highest BCUT2D eigenvalue weighted by Crippen LogP contribution is 2.36. The molecule has 2 heteroatoms. The molecule has 3 rings (SSSR count). The number of ether oxygens (including phenoxy) is 1. The molecule has 0 aliphatic carbocycles. The molecule has 0 bridgehead atoms. The van der Waals surface area contributed by atoms with E-state index < -0.39 is 0 Å². The number of hydrogen-bond donors (Lipinski definition) is 0. The summed E-state index contributed by atoms with van der Waals surface area (Å²) < 4.78 is 6.14. The predicted octanol–water partition coefficient (Wildman–Crippen LogP) is 6.07. The van der Waals surface area contributed by atoms with Gasteiger partial charge >= 0.3 is 0 Å². The van der Waals surface area contributed by atoms with E-state index in [0.717, 1.165) is 40.0 Å². The first-order valence-corrected chi connectivity index (χ1v) is 7.77. The van der Waals surface area contributed by atoms with E-state index in [2.05, 4.69) is 44.2 Å². The van der Waals surface area contributed by atoms with Gasteiger partial charge in [0.2, 0.25) is 0 Å². The molecule has 0 aliphatic heterocycles. The Morgan fingerprint density at radius 2 is 1.71 bits per heavy atom. The van der Waals surface area contributed by atoms with Crippen molar-refractivity contribution in [3.05, 3.63) is 53.6 Å². The van der Waals surface area contributed by atoms with Crippen LogP contribution in [-0.4, -0.2) is 6.61 Å². The van der Waals surface area contributed by atoms with Gasteiger partial charge in [-0.3, -0.25) is 0 Å². The Morgan fingerprint density at radius 3 is 2.52 bits per heavy atom. The fourth-order valence-electron chi connectivity index (χ4n) is 2.55. The zero-order chi connectivity index (χ0) is 14.8. The molecule has 0 amide bonds. The van der Waals surface area contributed by atoms with Gasteiger partial charge < -0.3 is 4.74 Å². The van der Waals surface area contributed by atoms with E-state index >= 15 is 0 Å². The highest BCUT2D eigenvalue weighted by molar-refractivity contribution is 6.31. The molecule has 108 valence electrons. The van der Waals surface area contributed by atoms with Crippen LogP contribution in [0.2, 0.25) is 5.02 Å². The van der Waals surface area contributed by atoms with Crippen molar-refractivity contribution in [2.75, 3.05) is 6.61 Å². The second kappa shape index (κ2) is 5.95. The van der Waals surface area contributed by atoms with Crippen LogP contribution in [0.15, 0.2) is 48.5 Å². The molecule has 0 heterocycles. The Kier molecular flexibility index (Phi) is 4.03. The second-order valence-electron chi connectivity index (χ2n) is 5.82. The molecule has 0 aromatic heterocycles. The Morgan fingerprint density at radius 1 is 0.952 bits per heavy atom. The first-order valence-electron chi connectivity index (χ1n) is 7.39. The number of halogens is 1. The minimum atomic E-state index is 0.634. The highest BCUT2D eigenvalue weighted by Gasteiger charge is 2.09.